The molecule has 2 aromatic heterocycles. The van der Waals surface area contributed by atoms with Crippen molar-refractivity contribution in [3.8, 4) is 16.5 Å². The van der Waals surface area contributed by atoms with Crippen LogP contribution in [0, 0.1) is 0 Å². The van der Waals surface area contributed by atoms with Gasteiger partial charge in [-0.3, -0.25) is 4.79 Å². The minimum absolute atomic E-state index is 0.186. The summed E-state index contributed by atoms with van der Waals surface area (Å²) >= 11 is 1.34. The van der Waals surface area contributed by atoms with Crippen LogP contribution in [0.5, 0.6) is 5.75 Å². The van der Waals surface area contributed by atoms with Gasteiger partial charge in [0.05, 0.1) is 5.69 Å². The fraction of sp³-hybridized carbons (Fsp3) is 0.235. The molecule has 3 aromatic rings. The number of nitrogens with zero attached hydrogens (tertiary/aromatic N) is 2. The molecule has 1 amide bonds. The molecule has 27 heavy (non-hydrogen) atoms. The van der Waals surface area contributed by atoms with Crippen LogP contribution >= 0.6 is 11.3 Å². The van der Waals surface area contributed by atoms with Crippen molar-refractivity contribution >= 4 is 22.9 Å². The summed E-state index contributed by atoms with van der Waals surface area (Å²) < 4.78 is 45.6. The normalized spacial score (nSPS) is 14.2. The van der Waals surface area contributed by atoms with E-state index in [0.29, 0.717) is 28.2 Å². The Morgan fingerprint density at radius 3 is 2.63 bits per heavy atom. The maximum atomic E-state index is 12.4. The van der Waals surface area contributed by atoms with Gasteiger partial charge in [-0.15, -0.1) is 24.5 Å². The van der Waals surface area contributed by atoms with E-state index in [2.05, 4.69) is 20.2 Å². The van der Waals surface area contributed by atoms with Crippen LogP contribution in [0.1, 0.15) is 34.9 Å². The highest BCUT2D eigenvalue weighted by atomic mass is 32.1. The Hall–Kier alpha value is -2.88. The van der Waals surface area contributed by atoms with Gasteiger partial charge in [-0.25, -0.2) is 0 Å². The number of ether oxygens (including phenoxy) is 1. The molecule has 1 fully saturated rings. The third-order valence-corrected chi connectivity index (χ3v) is 4.74. The monoisotopic (exact) mass is 395 g/mol. The zero-order chi connectivity index (χ0) is 19.0. The molecular weight excluding hydrogens is 383 g/mol. The lowest BCUT2D eigenvalue weighted by molar-refractivity contribution is -0.274. The van der Waals surface area contributed by atoms with Crippen LogP contribution in [0.15, 0.2) is 40.2 Å². The first-order valence-corrected chi connectivity index (χ1v) is 8.85. The number of alkyl halides is 3. The van der Waals surface area contributed by atoms with Gasteiger partial charge in [0, 0.05) is 11.5 Å². The smallest absolute Gasteiger partial charge is 0.406 e. The number of aromatic nitrogens is 2. The maximum Gasteiger partial charge on any atom is 0.573 e. The molecule has 0 radical (unpaired) electrons. The fourth-order valence-corrected chi connectivity index (χ4v) is 3.18. The Kier molecular flexibility index (Phi) is 4.34. The molecule has 10 heteroatoms. The van der Waals surface area contributed by atoms with Gasteiger partial charge in [-0.1, -0.05) is 5.16 Å². The first-order valence-electron chi connectivity index (χ1n) is 7.98. The molecule has 140 valence electrons. The lowest BCUT2D eigenvalue weighted by Gasteiger charge is -2.09. The van der Waals surface area contributed by atoms with Crippen LogP contribution in [0.4, 0.5) is 18.9 Å². The summed E-state index contributed by atoms with van der Waals surface area (Å²) in [6.45, 7) is 0. The van der Waals surface area contributed by atoms with Crippen LogP contribution in [0.2, 0.25) is 0 Å². The third-order valence-electron chi connectivity index (χ3n) is 3.84. The van der Waals surface area contributed by atoms with E-state index in [0.717, 1.165) is 25.0 Å². The van der Waals surface area contributed by atoms with Crippen molar-refractivity contribution in [1.29, 1.82) is 0 Å². The first-order chi connectivity index (χ1) is 12.9. The Morgan fingerprint density at radius 1 is 1.22 bits per heavy atom. The number of nitrogens with one attached hydrogen (secondary N) is 1. The van der Waals surface area contributed by atoms with Crippen molar-refractivity contribution in [3.63, 3.8) is 0 Å². The van der Waals surface area contributed by atoms with E-state index >= 15 is 0 Å². The highest BCUT2D eigenvalue weighted by molar-refractivity contribution is 7.14. The van der Waals surface area contributed by atoms with Gasteiger partial charge in [0.25, 0.3) is 11.8 Å². The fourth-order valence-electron chi connectivity index (χ4n) is 2.41. The van der Waals surface area contributed by atoms with Crippen LogP contribution < -0.4 is 10.1 Å². The van der Waals surface area contributed by atoms with Crippen molar-refractivity contribution in [2.75, 3.05) is 5.32 Å². The number of amides is 1. The number of rotatable bonds is 5. The summed E-state index contributed by atoms with van der Waals surface area (Å²) in [5.74, 6) is 0.467. The summed E-state index contributed by atoms with van der Waals surface area (Å²) in [6.07, 6.45) is -2.69. The molecule has 4 rings (SSSR count). The summed E-state index contributed by atoms with van der Waals surface area (Å²) in [5, 5.41) is 8.43. The Bertz CT molecular complexity index is 962. The summed E-state index contributed by atoms with van der Waals surface area (Å²) in [5.41, 5.74) is 0.678. The van der Waals surface area contributed by atoms with Gasteiger partial charge in [0.2, 0.25) is 0 Å². The topological polar surface area (TPSA) is 77.3 Å². The van der Waals surface area contributed by atoms with Crippen molar-refractivity contribution in [2.45, 2.75) is 25.1 Å². The molecule has 0 bridgehead atoms. The first kappa shape index (κ1) is 17.5. The van der Waals surface area contributed by atoms with Crippen LogP contribution in [-0.4, -0.2) is 22.4 Å². The van der Waals surface area contributed by atoms with Crippen molar-refractivity contribution in [3.05, 3.63) is 47.1 Å². The molecular formula is C17H12F3N3O3S. The molecule has 2 heterocycles. The lowest BCUT2D eigenvalue weighted by atomic mass is 10.2. The van der Waals surface area contributed by atoms with Gasteiger partial charge in [-0.2, -0.15) is 4.98 Å². The predicted molar refractivity (Wildman–Crippen MR) is 90.7 cm³/mol. The highest BCUT2D eigenvalue weighted by Gasteiger charge is 2.31. The number of benzene rings is 1. The number of carbonyl (C=O) groups excluding carboxylic acids is 1. The molecule has 1 saturated carbocycles. The molecule has 1 aliphatic carbocycles. The SMILES string of the molecule is O=C(Nc1ccsc1-c1nc(C2CC2)no1)c1ccc(OC(F)(F)F)cc1. The van der Waals surface area contributed by atoms with Gasteiger partial charge >= 0.3 is 6.36 Å². The molecule has 1 aromatic carbocycles. The molecule has 0 spiro atoms. The second-order valence-corrected chi connectivity index (χ2v) is 6.84. The summed E-state index contributed by atoms with van der Waals surface area (Å²) in [6, 6.07) is 6.36. The van der Waals surface area contributed by atoms with Crippen LogP contribution in [0.3, 0.4) is 0 Å². The Labute approximate surface area is 155 Å². The lowest BCUT2D eigenvalue weighted by Crippen LogP contribution is -2.17. The van der Waals surface area contributed by atoms with Crippen molar-refractivity contribution in [2.24, 2.45) is 0 Å². The van der Waals surface area contributed by atoms with Crippen molar-refractivity contribution in [1.82, 2.24) is 10.1 Å². The summed E-state index contributed by atoms with van der Waals surface area (Å²) in [4.78, 5) is 17.4. The zero-order valence-electron chi connectivity index (χ0n) is 13.6. The third kappa shape index (κ3) is 4.11. The van der Waals surface area contributed by atoms with E-state index in [4.69, 9.17) is 4.52 Å². The van der Waals surface area contributed by atoms with Gasteiger partial charge in [-0.05, 0) is 48.6 Å². The van der Waals surface area contributed by atoms with E-state index < -0.39 is 18.0 Å². The van der Waals surface area contributed by atoms with E-state index in [-0.39, 0.29) is 5.56 Å². The molecule has 0 aliphatic heterocycles. The zero-order valence-corrected chi connectivity index (χ0v) is 14.4. The Balaban J connectivity index is 1.47. The predicted octanol–water partition coefficient (Wildman–Crippen LogP) is 4.83. The van der Waals surface area contributed by atoms with E-state index in [1.54, 1.807) is 11.4 Å². The van der Waals surface area contributed by atoms with Crippen molar-refractivity contribution < 1.29 is 27.2 Å². The number of halogens is 3. The average molecular weight is 395 g/mol. The number of anilines is 1. The second-order valence-electron chi connectivity index (χ2n) is 5.92. The average Bonchev–Trinajstić information content (AvgIpc) is 3.16. The van der Waals surface area contributed by atoms with E-state index in [1.807, 2.05) is 0 Å². The molecule has 0 saturated heterocycles. The minimum Gasteiger partial charge on any atom is -0.406 e. The van der Waals surface area contributed by atoms with Crippen LogP contribution in [-0.2, 0) is 0 Å². The van der Waals surface area contributed by atoms with Gasteiger partial charge in [0.15, 0.2) is 5.82 Å². The van der Waals surface area contributed by atoms with Gasteiger partial charge in [0.1, 0.15) is 10.6 Å². The highest BCUT2D eigenvalue weighted by Crippen LogP contribution is 2.40. The van der Waals surface area contributed by atoms with E-state index in [9.17, 15) is 18.0 Å². The molecule has 0 unspecified atom stereocenters. The molecule has 0 atom stereocenters. The maximum absolute atomic E-state index is 12.4. The summed E-state index contributed by atoms with van der Waals surface area (Å²) in [7, 11) is 0. The van der Waals surface area contributed by atoms with Crippen LogP contribution in [0.25, 0.3) is 10.8 Å². The number of thiophene rings is 1. The molecule has 1 aliphatic rings. The Morgan fingerprint density at radius 2 is 1.96 bits per heavy atom. The standard InChI is InChI=1S/C17H12F3N3O3S/c18-17(19,20)25-11-5-3-10(4-6-11)15(24)21-12-7-8-27-13(12)16-22-14(23-26-16)9-1-2-9/h3-9H,1-2H2,(H,21,24). The molecule has 6 nitrogen and oxygen atoms in total. The second kappa shape index (κ2) is 6.69. The number of hydrogen-bond donors (Lipinski definition) is 1. The number of hydrogen-bond acceptors (Lipinski definition) is 6. The quantitative estimate of drug-likeness (QED) is 0.670. The largest absolute Gasteiger partial charge is 0.573 e. The van der Waals surface area contributed by atoms with Gasteiger partial charge < -0.3 is 14.6 Å². The number of carbonyl (C=O) groups is 1. The van der Waals surface area contributed by atoms with E-state index in [1.165, 1.54) is 23.5 Å². The molecule has 1 N–H and O–H groups in total. The minimum atomic E-state index is -4.78.